The average molecular weight is 423 g/mol. The van der Waals surface area contributed by atoms with Crippen molar-refractivity contribution in [1.82, 2.24) is 0 Å². The summed E-state index contributed by atoms with van der Waals surface area (Å²) in [4.78, 5) is 13.2. The smallest absolute Gasteiger partial charge is 0.198 e. The van der Waals surface area contributed by atoms with E-state index < -0.39 is 12.2 Å². The van der Waals surface area contributed by atoms with Crippen molar-refractivity contribution in [2.75, 3.05) is 6.79 Å². The van der Waals surface area contributed by atoms with Gasteiger partial charge < -0.3 is 18.9 Å². The zero-order valence-corrected chi connectivity index (χ0v) is 16.8. The molecule has 2 atom stereocenters. The molecule has 0 N–H and O–H groups in total. The summed E-state index contributed by atoms with van der Waals surface area (Å²) in [7, 11) is 0. The molecule has 0 aromatic heterocycles. The van der Waals surface area contributed by atoms with Crippen LogP contribution >= 0.6 is 11.6 Å². The zero-order valence-electron chi connectivity index (χ0n) is 16.0. The number of ether oxygens (including phenoxy) is 4. The first kappa shape index (κ1) is 19.1. The van der Waals surface area contributed by atoms with E-state index in [4.69, 9.17) is 30.5 Å². The van der Waals surface area contributed by atoms with Crippen molar-refractivity contribution in [2.24, 2.45) is 0 Å². The third-order valence-corrected chi connectivity index (χ3v) is 5.37. The van der Waals surface area contributed by atoms with Gasteiger partial charge in [0.05, 0.1) is 12.2 Å². The molecular formula is C24H19ClO5. The molecule has 0 aliphatic carbocycles. The first-order chi connectivity index (χ1) is 14.7. The maximum atomic E-state index is 13.2. The number of carbonyl (C=O) groups is 1. The van der Waals surface area contributed by atoms with Gasteiger partial charge in [-0.2, -0.15) is 0 Å². The van der Waals surface area contributed by atoms with Gasteiger partial charge in [-0.1, -0.05) is 54.1 Å². The standard InChI is InChI=1S/C24H19ClO5/c25-17-10-16-13-27-14-29-22(16)19(11-17)23-24(30-23)21(26)18-8-4-5-9-20(18)28-12-15-6-2-1-3-7-15/h1-11,23-24H,12-14H2/t23-,24-/m0/s1. The molecule has 3 aromatic rings. The van der Waals surface area contributed by atoms with Crippen LogP contribution in [0, 0.1) is 0 Å². The van der Waals surface area contributed by atoms with E-state index in [1.807, 2.05) is 48.5 Å². The number of Topliss-reactive ketones (excluding diaryl/α,β-unsaturated/α-hetero) is 1. The van der Waals surface area contributed by atoms with Gasteiger partial charge in [0.25, 0.3) is 0 Å². The topological polar surface area (TPSA) is 57.3 Å². The summed E-state index contributed by atoms with van der Waals surface area (Å²) in [6, 6.07) is 20.7. The number of hydrogen-bond donors (Lipinski definition) is 0. The molecular weight excluding hydrogens is 404 g/mol. The number of benzene rings is 3. The Balaban J connectivity index is 1.35. The lowest BCUT2D eigenvalue weighted by atomic mass is 9.99. The summed E-state index contributed by atoms with van der Waals surface area (Å²) in [5.41, 5.74) is 3.17. The van der Waals surface area contributed by atoms with Crippen LogP contribution in [0.1, 0.15) is 33.2 Å². The molecule has 5 nitrogen and oxygen atoms in total. The van der Waals surface area contributed by atoms with Gasteiger partial charge in [-0.05, 0) is 29.8 Å². The molecule has 152 valence electrons. The molecule has 30 heavy (non-hydrogen) atoms. The van der Waals surface area contributed by atoms with Crippen molar-refractivity contribution >= 4 is 17.4 Å². The van der Waals surface area contributed by atoms with Crippen LogP contribution in [0.5, 0.6) is 11.5 Å². The lowest BCUT2D eigenvalue weighted by Crippen LogP contribution is -2.14. The normalized spacial score (nSPS) is 19.5. The largest absolute Gasteiger partial charge is 0.488 e. The minimum Gasteiger partial charge on any atom is -0.488 e. The molecule has 0 amide bonds. The number of carbonyl (C=O) groups excluding carboxylic acids is 1. The highest BCUT2D eigenvalue weighted by Gasteiger charge is 2.49. The van der Waals surface area contributed by atoms with Crippen LogP contribution in [0.2, 0.25) is 5.02 Å². The monoisotopic (exact) mass is 422 g/mol. The highest BCUT2D eigenvalue weighted by Crippen LogP contribution is 2.48. The maximum absolute atomic E-state index is 13.2. The highest BCUT2D eigenvalue weighted by atomic mass is 35.5. The summed E-state index contributed by atoms with van der Waals surface area (Å²) in [6.45, 7) is 0.975. The quantitative estimate of drug-likeness (QED) is 0.408. The van der Waals surface area contributed by atoms with Crippen molar-refractivity contribution in [3.8, 4) is 11.5 Å². The second-order valence-electron chi connectivity index (χ2n) is 7.21. The first-order valence-electron chi connectivity index (χ1n) is 9.69. The molecule has 2 aliphatic rings. The minimum absolute atomic E-state index is 0.121. The number of epoxide rings is 1. The summed E-state index contributed by atoms with van der Waals surface area (Å²) in [5, 5.41) is 0.561. The van der Waals surface area contributed by atoms with Gasteiger partial charge in [-0.3, -0.25) is 4.79 Å². The van der Waals surface area contributed by atoms with Crippen LogP contribution in [0.15, 0.2) is 66.7 Å². The lowest BCUT2D eigenvalue weighted by molar-refractivity contribution is -0.0172. The van der Waals surface area contributed by atoms with Gasteiger partial charge in [-0.15, -0.1) is 0 Å². The number of halogens is 1. The Labute approximate surface area is 179 Å². The van der Waals surface area contributed by atoms with Crippen LogP contribution in [-0.2, 0) is 22.7 Å². The van der Waals surface area contributed by atoms with E-state index in [2.05, 4.69) is 0 Å². The Morgan fingerprint density at radius 3 is 2.73 bits per heavy atom. The zero-order chi connectivity index (χ0) is 20.5. The van der Waals surface area contributed by atoms with Crippen LogP contribution < -0.4 is 9.47 Å². The van der Waals surface area contributed by atoms with Crippen molar-refractivity contribution < 1.29 is 23.7 Å². The molecule has 1 fully saturated rings. The summed E-state index contributed by atoms with van der Waals surface area (Å²) in [6.07, 6.45) is -0.995. The maximum Gasteiger partial charge on any atom is 0.198 e. The Morgan fingerprint density at radius 1 is 1.07 bits per heavy atom. The molecule has 1 saturated heterocycles. The number of hydrogen-bond acceptors (Lipinski definition) is 5. The van der Waals surface area contributed by atoms with Gasteiger partial charge in [0.1, 0.15) is 24.2 Å². The van der Waals surface area contributed by atoms with E-state index in [0.717, 1.165) is 16.7 Å². The molecule has 3 aromatic carbocycles. The first-order valence-corrected chi connectivity index (χ1v) is 10.1. The Bertz CT molecular complexity index is 1080. The van der Waals surface area contributed by atoms with Crippen molar-refractivity contribution in [3.63, 3.8) is 0 Å². The SMILES string of the molecule is O=C(c1ccccc1OCc1ccccc1)[C@@H]1O[C@H]1c1cc(Cl)cc2c1OCOC2. The third-order valence-electron chi connectivity index (χ3n) is 5.15. The molecule has 0 radical (unpaired) electrons. The molecule has 0 saturated carbocycles. The van der Waals surface area contributed by atoms with Crippen LogP contribution in [0.3, 0.4) is 0 Å². The third kappa shape index (κ3) is 3.79. The number of fused-ring (bicyclic) bond motifs is 1. The van der Waals surface area contributed by atoms with Crippen molar-refractivity contribution in [1.29, 1.82) is 0 Å². The van der Waals surface area contributed by atoms with E-state index >= 15 is 0 Å². The van der Waals surface area contributed by atoms with Gasteiger partial charge in [0.15, 0.2) is 18.7 Å². The molecule has 2 aliphatic heterocycles. The summed E-state index contributed by atoms with van der Waals surface area (Å²) < 4.78 is 22.7. The molecule has 0 bridgehead atoms. The van der Waals surface area contributed by atoms with Gasteiger partial charge in [-0.25, -0.2) is 0 Å². The molecule has 2 heterocycles. The minimum atomic E-state index is -0.597. The highest BCUT2D eigenvalue weighted by molar-refractivity contribution is 6.30. The lowest BCUT2D eigenvalue weighted by Gasteiger charge is -2.20. The van der Waals surface area contributed by atoms with Crippen molar-refractivity contribution in [2.45, 2.75) is 25.4 Å². The van der Waals surface area contributed by atoms with Crippen LogP contribution in [0.4, 0.5) is 0 Å². The van der Waals surface area contributed by atoms with Crippen molar-refractivity contribution in [3.05, 3.63) is 94.0 Å². The number of ketones is 1. The van der Waals surface area contributed by atoms with E-state index in [0.29, 0.717) is 35.3 Å². The van der Waals surface area contributed by atoms with Crippen LogP contribution in [-0.4, -0.2) is 18.7 Å². The van der Waals surface area contributed by atoms with E-state index in [1.54, 1.807) is 18.2 Å². The fraction of sp³-hybridized carbons (Fsp3) is 0.208. The van der Waals surface area contributed by atoms with Gasteiger partial charge in [0, 0.05) is 16.1 Å². The fourth-order valence-electron chi connectivity index (χ4n) is 3.65. The average Bonchev–Trinajstić information content (AvgIpc) is 3.58. The van der Waals surface area contributed by atoms with E-state index in [1.165, 1.54) is 0 Å². The fourth-order valence-corrected chi connectivity index (χ4v) is 3.90. The van der Waals surface area contributed by atoms with Crippen LogP contribution in [0.25, 0.3) is 0 Å². The second-order valence-corrected chi connectivity index (χ2v) is 7.64. The van der Waals surface area contributed by atoms with E-state index in [-0.39, 0.29) is 12.6 Å². The second kappa shape index (κ2) is 8.11. The molecule has 6 heteroatoms. The summed E-state index contributed by atoms with van der Waals surface area (Å²) in [5.74, 6) is 1.11. The number of rotatable bonds is 6. The number of para-hydroxylation sites is 1. The van der Waals surface area contributed by atoms with Gasteiger partial charge in [0.2, 0.25) is 0 Å². The Morgan fingerprint density at radius 2 is 1.87 bits per heavy atom. The van der Waals surface area contributed by atoms with Gasteiger partial charge >= 0.3 is 0 Å². The molecule has 5 rings (SSSR count). The summed E-state index contributed by atoms with van der Waals surface area (Å²) >= 11 is 6.25. The predicted molar refractivity (Wildman–Crippen MR) is 111 cm³/mol. The predicted octanol–water partition coefficient (Wildman–Crippen LogP) is 5.11. The van der Waals surface area contributed by atoms with E-state index in [9.17, 15) is 4.79 Å². The Kier molecular flexibility index (Phi) is 5.17. The Hall–Kier alpha value is -2.86. The molecule has 0 spiro atoms. The molecule has 0 unspecified atom stereocenters.